The zero-order chi connectivity index (χ0) is 24.9. The normalized spacial score (nSPS) is 24.6. The quantitative estimate of drug-likeness (QED) is 0.510. The van der Waals surface area contributed by atoms with Crippen LogP contribution in [-0.4, -0.2) is 46.9 Å². The number of carboxylic acids is 1. The van der Waals surface area contributed by atoms with Gasteiger partial charge in [0, 0.05) is 23.8 Å². The lowest BCUT2D eigenvalue weighted by molar-refractivity contribution is -0.142. The number of fused-ring (bicyclic) bond motifs is 3. The van der Waals surface area contributed by atoms with E-state index in [0.29, 0.717) is 11.4 Å². The lowest BCUT2D eigenvalue weighted by Gasteiger charge is -2.23. The van der Waals surface area contributed by atoms with Crippen molar-refractivity contribution in [1.82, 2.24) is 10.4 Å². The van der Waals surface area contributed by atoms with E-state index in [1.165, 1.54) is 4.90 Å². The third-order valence-corrected chi connectivity index (χ3v) is 7.74. The van der Waals surface area contributed by atoms with Crippen LogP contribution in [0.25, 0.3) is 11.1 Å². The van der Waals surface area contributed by atoms with Gasteiger partial charge in [-0.1, -0.05) is 72.3 Å². The van der Waals surface area contributed by atoms with Gasteiger partial charge in [-0.2, -0.15) is 5.48 Å². The van der Waals surface area contributed by atoms with E-state index in [0.717, 1.165) is 27.8 Å². The molecule has 2 saturated heterocycles. The van der Waals surface area contributed by atoms with Gasteiger partial charge in [0.2, 0.25) is 0 Å². The summed E-state index contributed by atoms with van der Waals surface area (Å²) in [5.74, 6) is -1.17. The van der Waals surface area contributed by atoms with Crippen molar-refractivity contribution in [3.8, 4) is 11.1 Å². The average Bonchev–Trinajstić information content (AvgIpc) is 3.57. The fourth-order valence-electron chi connectivity index (χ4n) is 5.82. The smallest absolute Gasteiger partial charge is 0.410 e. The Morgan fingerprint density at radius 1 is 1.03 bits per heavy atom. The topological polar surface area (TPSA) is 88.1 Å². The average molecular weight is 505 g/mol. The number of carbonyl (C=O) groups excluding carboxylic acids is 1. The number of carbonyl (C=O) groups is 2. The molecule has 7 nitrogen and oxygen atoms in total. The van der Waals surface area contributed by atoms with Crippen molar-refractivity contribution >= 4 is 23.7 Å². The molecule has 2 fully saturated rings. The van der Waals surface area contributed by atoms with Crippen LogP contribution in [-0.2, 0) is 14.4 Å². The van der Waals surface area contributed by atoms with Crippen molar-refractivity contribution in [2.24, 2.45) is 0 Å². The number of hydrogen-bond donors (Lipinski definition) is 2. The fraction of sp³-hybridized carbons (Fsp3) is 0.286. The number of rotatable bonds is 4. The predicted octanol–water partition coefficient (Wildman–Crippen LogP) is 5.15. The molecule has 36 heavy (non-hydrogen) atoms. The van der Waals surface area contributed by atoms with Crippen LogP contribution in [0.1, 0.15) is 41.5 Å². The summed E-state index contributed by atoms with van der Waals surface area (Å²) < 4.78 is 5.76. The summed E-state index contributed by atoms with van der Waals surface area (Å²) in [7, 11) is 0. The highest BCUT2D eigenvalue weighted by atomic mass is 35.5. The van der Waals surface area contributed by atoms with Crippen LogP contribution in [0.4, 0.5) is 4.79 Å². The molecule has 1 amide bonds. The maximum atomic E-state index is 13.2. The Morgan fingerprint density at radius 2 is 1.72 bits per heavy atom. The van der Waals surface area contributed by atoms with E-state index in [-0.39, 0.29) is 31.5 Å². The van der Waals surface area contributed by atoms with E-state index >= 15 is 0 Å². The number of nitrogens with zero attached hydrogens (tertiary/aromatic N) is 1. The standard InChI is InChI=1S/C28H25ClN2O5/c29-18-7-5-6-17(12-18)24-13-28(36-30-24)14-25(26(32)33)31(16-28)27(34)35-15-23-21-10-3-1-8-19(21)20-9-2-4-11-22(20)23/h1-12,23-25,30H,13-16H2,(H,32,33)/t24?,25-,28+/m0/s1. The first-order valence-electron chi connectivity index (χ1n) is 12.0. The molecule has 3 atom stereocenters. The Balaban J connectivity index is 1.18. The van der Waals surface area contributed by atoms with Gasteiger partial charge in [0.15, 0.2) is 0 Å². The van der Waals surface area contributed by atoms with Crippen LogP contribution in [0.3, 0.4) is 0 Å². The highest BCUT2D eigenvalue weighted by Crippen LogP contribution is 2.45. The number of amides is 1. The minimum Gasteiger partial charge on any atom is -0.480 e. The summed E-state index contributed by atoms with van der Waals surface area (Å²) in [6.45, 7) is 0.262. The van der Waals surface area contributed by atoms with Crippen LogP contribution in [0.15, 0.2) is 72.8 Å². The van der Waals surface area contributed by atoms with Crippen molar-refractivity contribution in [2.75, 3.05) is 13.2 Å². The monoisotopic (exact) mass is 504 g/mol. The number of ether oxygens (including phenoxy) is 1. The Labute approximate surface area is 213 Å². The van der Waals surface area contributed by atoms with Crippen LogP contribution in [0.2, 0.25) is 5.02 Å². The molecule has 0 saturated carbocycles. The van der Waals surface area contributed by atoms with Crippen molar-refractivity contribution in [3.63, 3.8) is 0 Å². The summed E-state index contributed by atoms with van der Waals surface area (Å²) in [5.41, 5.74) is 7.63. The number of likely N-dealkylation sites (tertiary alicyclic amines) is 1. The number of aliphatic carboxylic acids is 1. The van der Waals surface area contributed by atoms with Gasteiger partial charge in [0.25, 0.3) is 0 Å². The van der Waals surface area contributed by atoms with Crippen LogP contribution < -0.4 is 5.48 Å². The number of hydroxylamine groups is 1. The van der Waals surface area contributed by atoms with E-state index < -0.39 is 23.7 Å². The predicted molar refractivity (Wildman–Crippen MR) is 134 cm³/mol. The molecule has 2 aliphatic heterocycles. The molecule has 184 valence electrons. The Kier molecular flexibility index (Phi) is 5.71. The molecular formula is C28H25ClN2O5. The number of carboxylic acid groups (broad SMARTS) is 1. The van der Waals surface area contributed by atoms with Crippen molar-refractivity contribution < 1.29 is 24.3 Å². The second kappa shape index (κ2) is 8.92. The van der Waals surface area contributed by atoms with E-state index in [9.17, 15) is 14.7 Å². The van der Waals surface area contributed by atoms with Gasteiger partial charge in [-0.15, -0.1) is 0 Å². The first-order chi connectivity index (χ1) is 17.4. The summed E-state index contributed by atoms with van der Waals surface area (Å²) in [6, 6.07) is 22.5. The van der Waals surface area contributed by atoms with Gasteiger partial charge in [0.1, 0.15) is 18.2 Å². The number of benzene rings is 3. The molecule has 0 radical (unpaired) electrons. The molecule has 1 spiro atoms. The molecule has 0 bridgehead atoms. The zero-order valence-electron chi connectivity index (χ0n) is 19.4. The van der Waals surface area contributed by atoms with E-state index in [1.54, 1.807) is 6.07 Å². The lowest BCUT2D eigenvalue weighted by Crippen LogP contribution is -2.42. The minimum atomic E-state index is -1.07. The molecule has 0 aromatic heterocycles. The van der Waals surface area contributed by atoms with Crippen molar-refractivity contribution in [2.45, 2.75) is 36.4 Å². The molecule has 6 rings (SSSR count). The lowest BCUT2D eigenvalue weighted by atomic mass is 9.90. The van der Waals surface area contributed by atoms with E-state index in [4.69, 9.17) is 21.2 Å². The Hall–Kier alpha value is -3.39. The second-order valence-corrected chi connectivity index (χ2v) is 10.1. The molecule has 3 aromatic carbocycles. The zero-order valence-corrected chi connectivity index (χ0v) is 20.1. The maximum absolute atomic E-state index is 13.2. The summed E-state index contributed by atoms with van der Waals surface area (Å²) >= 11 is 6.14. The largest absolute Gasteiger partial charge is 0.480 e. The van der Waals surface area contributed by atoms with Gasteiger partial charge in [-0.25, -0.2) is 9.59 Å². The first kappa shape index (κ1) is 23.0. The molecule has 3 aromatic rings. The first-order valence-corrected chi connectivity index (χ1v) is 12.4. The molecule has 1 aliphatic carbocycles. The molecule has 2 heterocycles. The van der Waals surface area contributed by atoms with Gasteiger partial charge in [-0.3, -0.25) is 9.74 Å². The third-order valence-electron chi connectivity index (χ3n) is 7.50. The summed E-state index contributed by atoms with van der Waals surface area (Å²) in [4.78, 5) is 32.5. The molecule has 1 unspecified atom stereocenters. The van der Waals surface area contributed by atoms with Gasteiger partial charge >= 0.3 is 12.1 Å². The molecule has 3 aliphatic rings. The Bertz CT molecular complexity index is 1300. The number of nitrogens with one attached hydrogen (secondary N) is 1. The van der Waals surface area contributed by atoms with Crippen molar-refractivity contribution in [1.29, 1.82) is 0 Å². The van der Waals surface area contributed by atoms with Crippen LogP contribution in [0, 0.1) is 0 Å². The highest BCUT2D eigenvalue weighted by Gasteiger charge is 2.54. The van der Waals surface area contributed by atoms with E-state index in [1.807, 2.05) is 54.6 Å². The number of hydrogen-bond acceptors (Lipinski definition) is 5. The van der Waals surface area contributed by atoms with Gasteiger partial charge in [-0.05, 0) is 39.9 Å². The van der Waals surface area contributed by atoms with Gasteiger partial charge < -0.3 is 9.84 Å². The van der Waals surface area contributed by atoms with Crippen LogP contribution >= 0.6 is 11.6 Å². The van der Waals surface area contributed by atoms with Crippen LogP contribution in [0.5, 0.6) is 0 Å². The third kappa shape index (κ3) is 3.93. The minimum absolute atomic E-state index is 0.0993. The van der Waals surface area contributed by atoms with Crippen molar-refractivity contribution in [3.05, 3.63) is 94.5 Å². The SMILES string of the molecule is O=C(O)[C@@H]1C[C@]2(CC(c3cccc(Cl)c3)NO2)CN1C(=O)OCC1c2ccccc2-c2ccccc21. The number of halogens is 1. The summed E-state index contributed by atoms with van der Waals surface area (Å²) in [5, 5.41) is 10.5. The van der Waals surface area contributed by atoms with E-state index in [2.05, 4.69) is 17.6 Å². The fourth-order valence-corrected chi connectivity index (χ4v) is 6.02. The Morgan fingerprint density at radius 3 is 2.39 bits per heavy atom. The summed E-state index contributed by atoms with van der Waals surface area (Å²) in [6.07, 6.45) is 0.0527. The second-order valence-electron chi connectivity index (χ2n) is 9.70. The molecular weight excluding hydrogens is 480 g/mol. The maximum Gasteiger partial charge on any atom is 0.410 e. The molecule has 8 heteroatoms. The highest BCUT2D eigenvalue weighted by molar-refractivity contribution is 6.30. The molecule has 2 N–H and O–H groups in total. The van der Waals surface area contributed by atoms with Gasteiger partial charge in [0.05, 0.1) is 12.6 Å².